The van der Waals surface area contributed by atoms with E-state index >= 15 is 0 Å². The molecule has 0 amide bonds. The van der Waals surface area contributed by atoms with Gasteiger partial charge in [-0.25, -0.2) is 0 Å². The summed E-state index contributed by atoms with van der Waals surface area (Å²) in [7, 11) is 0. The average molecular weight is 921 g/mol. The van der Waals surface area contributed by atoms with Crippen molar-refractivity contribution in [2.24, 2.45) is 0 Å². The van der Waals surface area contributed by atoms with Gasteiger partial charge >= 0.3 is 17.9 Å². The Kier molecular flexibility index (Phi) is 51.9. The second kappa shape index (κ2) is 54.5. The highest BCUT2D eigenvalue weighted by Crippen LogP contribution is 2.15. The second-order valence-corrected chi connectivity index (χ2v) is 18.5. The highest BCUT2D eigenvalue weighted by molar-refractivity contribution is 5.71. The summed E-state index contributed by atoms with van der Waals surface area (Å²) >= 11 is 0. The first-order valence-electron chi connectivity index (χ1n) is 27.9. The van der Waals surface area contributed by atoms with Crippen LogP contribution in [-0.4, -0.2) is 37.2 Å². The van der Waals surface area contributed by atoms with E-state index in [0.29, 0.717) is 19.3 Å². The Labute approximate surface area is 408 Å². The van der Waals surface area contributed by atoms with E-state index in [-0.39, 0.29) is 31.1 Å². The van der Waals surface area contributed by atoms with E-state index in [1.165, 1.54) is 122 Å². The van der Waals surface area contributed by atoms with Gasteiger partial charge in [-0.1, -0.05) is 222 Å². The van der Waals surface area contributed by atoms with Crippen LogP contribution in [-0.2, 0) is 28.6 Å². The Morgan fingerprint density at radius 1 is 0.318 bits per heavy atom. The van der Waals surface area contributed by atoms with Gasteiger partial charge in [-0.2, -0.15) is 0 Å². The molecule has 0 saturated heterocycles. The molecule has 0 rings (SSSR count). The molecule has 1 atom stereocenters. The zero-order valence-electron chi connectivity index (χ0n) is 43.4. The van der Waals surface area contributed by atoms with Gasteiger partial charge in [-0.05, 0) is 103 Å². The summed E-state index contributed by atoms with van der Waals surface area (Å²) in [5.41, 5.74) is 0. The number of unbranched alkanes of at least 4 members (excludes halogenated alkanes) is 27. The first-order valence-corrected chi connectivity index (χ1v) is 27.9. The standard InChI is InChI=1S/C60H104O6/c1-4-7-10-13-16-19-22-25-27-28-29-30-31-32-33-36-38-41-44-47-50-53-59(62)65-56-57(55-64-58(61)52-49-46-43-40-37-34-24-21-18-15-12-9-6-3)66-60(63)54-51-48-45-42-39-35-26-23-20-17-14-11-8-5-2/h9,12,14,17-18,21,23,26,28-29,34,37,57H,4-8,10-11,13,15-16,19-20,22,24-25,27,30-33,35-36,38-56H2,1-3H3/b12-9-,17-14-,21-18-,26-23-,29-28-,37-34-. The first-order chi connectivity index (χ1) is 32.5. The van der Waals surface area contributed by atoms with Crippen molar-refractivity contribution in [3.8, 4) is 0 Å². The van der Waals surface area contributed by atoms with Crippen molar-refractivity contribution in [1.82, 2.24) is 0 Å². The highest BCUT2D eigenvalue weighted by atomic mass is 16.6. The summed E-state index contributed by atoms with van der Waals surface area (Å²) in [6.45, 7) is 6.46. The van der Waals surface area contributed by atoms with Gasteiger partial charge in [0.2, 0.25) is 0 Å². The topological polar surface area (TPSA) is 78.9 Å². The van der Waals surface area contributed by atoms with Crippen LogP contribution in [0.4, 0.5) is 0 Å². The van der Waals surface area contributed by atoms with Crippen molar-refractivity contribution < 1.29 is 28.6 Å². The molecule has 0 bridgehead atoms. The molecule has 6 nitrogen and oxygen atoms in total. The van der Waals surface area contributed by atoms with Crippen LogP contribution in [0.2, 0.25) is 0 Å². The fourth-order valence-corrected chi connectivity index (χ4v) is 7.70. The molecule has 0 aliphatic rings. The van der Waals surface area contributed by atoms with Crippen LogP contribution in [0, 0.1) is 0 Å². The SMILES string of the molecule is CC/C=C\C/C=C\C/C=C\CCCCCC(=O)OCC(COC(=O)CCCCCCCCCCC/C=C\CCCCCCCCCC)OC(=O)CCCCCCC/C=C\C/C=C\CCCC. The predicted molar refractivity (Wildman–Crippen MR) is 284 cm³/mol. The Hall–Kier alpha value is -3.15. The van der Waals surface area contributed by atoms with Crippen LogP contribution in [0.25, 0.3) is 0 Å². The smallest absolute Gasteiger partial charge is 0.306 e. The third kappa shape index (κ3) is 51.8. The molecule has 0 aromatic rings. The lowest BCUT2D eigenvalue weighted by molar-refractivity contribution is -0.167. The van der Waals surface area contributed by atoms with E-state index in [9.17, 15) is 14.4 Å². The van der Waals surface area contributed by atoms with Crippen molar-refractivity contribution in [2.45, 2.75) is 277 Å². The van der Waals surface area contributed by atoms with Crippen molar-refractivity contribution in [3.63, 3.8) is 0 Å². The molecule has 0 aliphatic heterocycles. The zero-order chi connectivity index (χ0) is 47.9. The van der Waals surface area contributed by atoms with Crippen LogP contribution < -0.4 is 0 Å². The number of esters is 3. The van der Waals surface area contributed by atoms with Gasteiger partial charge in [0.05, 0.1) is 0 Å². The number of carbonyl (C=O) groups excluding carboxylic acids is 3. The fraction of sp³-hybridized carbons (Fsp3) is 0.750. The van der Waals surface area contributed by atoms with Crippen molar-refractivity contribution in [1.29, 1.82) is 0 Å². The van der Waals surface area contributed by atoms with Gasteiger partial charge < -0.3 is 14.2 Å². The largest absolute Gasteiger partial charge is 0.462 e. The minimum Gasteiger partial charge on any atom is -0.462 e. The van der Waals surface area contributed by atoms with E-state index in [0.717, 1.165) is 109 Å². The van der Waals surface area contributed by atoms with Gasteiger partial charge in [0.25, 0.3) is 0 Å². The van der Waals surface area contributed by atoms with E-state index in [2.05, 4.69) is 93.7 Å². The molecule has 0 spiro atoms. The van der Waals surface area contributed by atoms with Crippen molar-refractivity contribution in [3.05, 3.63) is 72.9 Å². The number of hydrogen-bond donors (Lipinski definition) is 0. The minimum absolute atomic E-state index is 0.0914. The van der Waals surface area contributed by atoms with Gasteiger partial charge in [-0.3, -0.25) is 14.4 Å². The molecule has 0 radical (unpaired) electrons. The fourth-order valence-electron chi connectivity index (χ4n) is 7.70. The number of allylic oxidation sites excluding steroid dienone is 12. The Balaban J connectivity index is 4.36. The Morgan fingerprint density at radius 2 is 0.606 bits per heavy atom. The summed E-state index contributed by atoms with van der Waals surface area (Å²) in [4.78, 5) is 38.1. The maximum atomic E-state index is 12.8. The predicted octanol–water partition coefficient (Wildman–Crippen LogP) is 18.6. The third-order valence-corrected chi connectivity index (χ3v) is 11.9. The maximum absolute atomic E-state index is 12.8. The normalized spacial score (nSPS) is 12.6. The second-order valence-electron chi connectivity index (χ2n) is 18.5. The zero-order valence-corrected chi connectivity index (χ0v) is 43.4. The minimum atomic E-state index is -0.795. The van der Waals surface area contributed by atoms with Crippen LogP contribution in [0.5, 0.6) is 0 Å². The third-order valence-electron chi connectivity index (χ3n) is 11.9. The molecule has 0 aromatic carbocycles. The molecule has 0 aliphatic carbocycles. The number of hydrogen-bond acceptors (Lipinski definition) is 6. The average Bonchev–Trinajstić information content (AvgIpc) is 3.31. The number of carbonyl (C=O) groups is 3. The van der Waals surface area contributed by atoms with E-state index in [1.54, 1.807) is 0 Å². The maximum Gasteiger partial charge on any atom is 0.306 e. The number of ether oxygens (including phenoxy) is 3. The highest BCUT2D eigenvalue weighted by Gasteiger charge is 2.19. The van der Waals surface area contributed by atoms with E-state index in [4.69, 9.17) is 14.2 Å². The number of rotatable bonds is 50. The van der Waals surface area contributed by atoms with Gasteiger partial charge in [0, 0.05) is 19.3 Å². The van der Waals surface area contributed by atoms with E-state index in [1.807, 2.05) is 0 Å². The van der Waals surface area contributed by atoms with Gasteiger partial charge in [0.15, 0.2) is 6.10 Å². The summed E-state index contributed by atoms with van der Waals surface area (Å²) < 4.78 is 16.8. The molecule has 6 heteroatoms. The molecule has 66 heavy (non-hydrogen) atoms. The van der Waals surface area contributed by atoms with Crippen LogP contribution in [0.3, 0.4) is 0 Å². The lowest BCUT2D eigenvalue weighted by Crippen LogP contribution is -2.30. The molecule has 0 N–H and O–H groups in total. The Bertz CT molecular complexity index is 1240. The molecular formula is C60H104O6. The molecule has 0 aromatic heterocycles. The monoisotopic (exact) mass is 921 g/mol. The lowest BCUT2D eigenvalue weighted by atomic mass is 10.1. The van der Waals surface area contributed by atoms with Gasteiger partial charge in [-0.15, -0.1) is 0 Å². The lowest BCUT2D eigenvalue weighted by Gasteiger charge is -2.18. The summed E-state index contributed by atoms with van der Waals surface area (Å²) in [5, 5.41) is 0. The Morgan fingerprint density at radius 3 is 1.00 bits per heavy atom. The van der Waals surface area contributed by atoms with Crippen LogP contribution >= 0.6 is 0 Å². The molecule has 0 fully saturated rings. The molecule has 0 saturated carbocycles. The van der Waals surface area contributed by atoms with Gasteiger partial charge in [0.1, 0.15) is 13.2 Å². The molecule has 380 valence electrons. The summed E-state index contributed by atoms with van der Waals surface area (Å²) in [6, 6.07) is 0. The molecule has 0 heterocycles. The van der Waals surface area contributed by atoms with Crippen LogP contribution in [0.1, 0.15) is 271 Å². The van der Waals surface area contributed by atoms with E-state index < -0.39 is 6.10 Å². The summed E-state index contributed by atoms with van der Waals surface area (Å²) in [5.74, 6) is -0.933. The molecule has 1 unspecified atom stereocenters. The quantitative estimate of drug-likeness (QED) is 0.0262. The first kappa shape index (κ1) is 62.8. The summed E-state index contributed by atoms with van der Waals surface area (Å²) in [6.07, 6.45) is 69.0. The van der Waals surface area contributed by atoms with Crippen LogP contribution in [0.15, 0.2) is 72.9 Å². The molecular weight excluding hydrogens is 817 g/mol. The van der Waals surface area contributed by atoms with Crippen molar-refractivity contribution in [2.75, 3.05) is 13.2 Å². The van der Waals surface area contributed by atoms with Crippen molar-refractivity contribution >= 4 is 17.9 Å².